The molecule has 1 heterocycles. The Morgan fingerprint density at radius 3 is 3.17 bits per heavy atom. The van der Waals surface area contributed by atoms with Crippen LogP contribution < -0.4 is 16.7 Å². The average Bonchev–Trinajstić information content (AvgIpc) is 2.41. The summed E-state index contributed by atoms with van der Waals surface area (Å²) in [5.74, 6) is 0.199. The minimum atomic E-state index is -0.900. The fraction of sp³-hybridized carbons (Fsp3) is 0.182. The maximum absolute atomic E-state index is 9.70. The van der Waals surface area contributed by atoms with Gasteiger partial charge in [-0.3, -0.25) is 0 Å². The van der Waals surface area contributed by atoms with Crippen LogP contribution in [0.5, 0.6) is 0 Å². The zero-order valence-electron chi connectivity index (χ0n) is 9.72. The van der Waals surface area contributed by atoms with E-state index in [1.54, 1.807) is 6.07 Å². The van der Waals surface area contributed by atoms with E-state index in [2.05, 4.69) is 5.48 Å². The van der Waals surface area contributed by atoms with Crippen molar-refractivity contribution in [1.82, 2.24) is 0 Å². The molecule has 0 amide bonds. The number of fused-ring (bicyclic) bond motifs is 1. The van der Waals surface area contributed by atoms with Crippen molar-refractivity contribution in [2.24, 2.45) is 5.73 Å². The van der Waals surface area contributed by atoms with E-state index < -0.39 is 7.12 Å². The van der Waals surface area contributed by atoms with Gasteiger partial charge >= 0.3 is 7.12 Å². The smallest absolute Gasteiger partial charge is 0.423 e. The van der Waals surface area contributed by atoms with Gasteiger partial charge in [0.1, 0.15) is 0 Å². The second kappa shape index (κ2) is 5.57. The molecule has 0 radical (unpaired) electrons. The number of nitrogens with one attached hydrogen (secondary N) is 2. The van der Waals surface area contributed by atoms with Gasteiger partial charge in [-0.15, -0.1) is 0 Å². The minimum Gasteiger partial charge on any atom is -0.423 e. The number of nitrogens with two attached hydrogens (primary N) is 1. The SMILES string of the molecule is N=C/C(=C\N)ONc1ccc2c(c1)B(O)OCC2. The van der Waals surface area contributed by atoms with E-state index in [-0.39, 0.29) is 5.76 Å². The molecule has 18 heavy (non-hydrogen) atoms. The Morgan fingerprint density at radius 1 is 1.61 bits per heavy atom. The number of hydrogen-bond acceptors (Lipinski definition) is 6. The number of benzene rings is 1. The molecular formula is C11H14BN3O3. The van der Waals surface area contributed by atoms with Crippen molar-refractivity contribution in [3.8, 4) is 0 Å². The van der Waals surface area contributed by atoms with Crippen LogP contribution >= 0.6 is 0 Å². The van der Waals surface area contributed by atoms with Crippen LogP contribution in [0.3, 0.4) is 0 Å². The van der Waals surface area contributed by atoms with Gasteiger partial charge in [0, 0.05) is 12.8 Å². The standard InChI is InChI=1S/C11H14BN3O3/c13-6-10(7-14)18-15-9-2-1-8-3-4-17-12(16)11(8)5-9/h1-2,5-7,13,15-16H,3-4,14H2/b10-7+,13-6?. The third-order valence-corrected chi connectivity index (χ3v) is 2.65. The van der Waals surface area contributed by atoms with Crippen molar-refractivity contribution in [3.05, 3.63) is 35.7 Å². The molecule has 0 saturated heterocycles. The Bertz CT molecular complexity index is 479. The van der Waals surface area contributed by atoms with Crippen molar-refractivity contribution in [2.45, 2.75) is 6.42 Å². The molecule has 0 aromatic heterocycles. The van der Waals surface area contributed by atoms with E-state index in [0.29, 0.717) is 12.3 Å². The maximum atomic E-state index is 9.70. The van der Waals surface area contributed by atoms with Crippen LogP contribution in [0.25, 0.3) is 0 Å². The van der Waals surface area contributed by atoms with Crippen molar-refractivity contribution < 1.29 is 14.5 Å². The molecule has 7 heteroatoms. The first-order chi connectivity index (χ1) is 8.74. The first-order valence-corrected chi connectivity index (χ1v) is 5.52. The van der Waals surface area contributed by atoms with Gasteiger partial charge in [-0.25, -0.2) is 5.48 Å². The first kappa shape index (κ1) is 12.5. The highest BCUT2D eigenvalue weighted by Gasteiger charge is 2.24. The second-order valence-electron chi connectivity index (χ2n) is 3.80. The monoisotopic (exact) mass is 247 g/mol. The Balaban J connectivity index is 2.11. The average molecular weight is 247 g/mol. The normalized spacial score (nSPS) is 14.9. The largest absolute Gasteiger partial charge is 0.491 e. The van der Waals surface area contributed by atoms with Gasteiger partial charge in [0.2, 0.25) is 0 Å². The van der Waals surface area contributed by atoms with Gasteiger partial charge in [0.15, 0.2) is 5.76 Å². The Morgan fingerprint density at radius 2 is 2.44 bits per heavy atom. The maximum Gasteiger partial charge on any atom is 0.491 e. The van der Waals surface area contributed by atoms with Crippen LogP contribution in [-0.2, 0) is 15.9 Å². The van der Waals surface area contributed by atoms with Gasteiger partial charge < -0.3 is 25.7 Å². The molecule has 0 atom stereocenters. The summed E-state index contributed by atoms with van der Waals surface area (Å²) in [6.45, 7) is 0.519. The van der Waals surface area contributed by atoms with E-state index in [4.69, 9.17) is 20.6 Å². The number of allylic oxidation sites excluding steroid dienone is 1. The predicted molar refractivity (Wildman–Crippen MR) is 69.5 cm³/mol. The molecule has 1 aliphatic heterocycles. The number of hydrogen-bond donors (Lipinski definition) is 4. The lowest BCUT2D eigenvalue weighted by Crippen LogP contribution is -2.41. The lowest BCUT2D eigenvalue weighted by Gasteiger charge is -2.20. The highest BCUT2D eigenvalue weighted by Crippen LogP contribution is 2.13. The summed E-state index contributed by atoms with van der Waals surface area (Å²) in [6.07, 6.45) is 2.95. The summed E-state index contributed by atoms with van der Waals surface area (Å²) in [7, 11) is -0.900. The topological polar surface area (TPSA) is 101 Å². The Kier molecular flexibility index (Phi) is 3.86. The molecular weight excluding hydrogens is 233 g/mol. The number of rotatable bonds is 4. The Labute approximate surface area is 105 Å². The molecule has 94 valence electrons. The summed E-state index contributed by atoms with van der Waals surface area (Å²) in [5, 5.41) is 16.7. The molecule has 0 fully saturated rings. The van der Waals surface area contributed by atoms with Gasteiger partial charge in [-0.05, 0) is 29.6 Å². The molecule has 0 bridgehead atoms. The van der Waals surface area contributed by atoms with E-state index in [1.165, 1.54) is 6.20 Å². The minimum absolute atomic E-state index is 0.199. The predicted octanol–water partition coefficient (Wildman–Crippen LogP) is -0.260. The zero-order chi connectivity index (χ0) is 13.0. The molecule has 0 aliphatic carbocycles. The van der Waals surface area contributed by atoms with Gasteiger partial charge in [0.05, 0.1) is 11.9 Å². The second-order valence-corrected chi connectivity index (χ2v) is 3.80. The van der Waals surface area contributed by atoms with Crippen LogP contribution in [0.4, 0.5) is 5.69 Å². The lowest BCUT2D eigenvalue weighted by atomic mass is 9.73. The van der Waals surface area contributed by atoms with Crippen LogP contribution in [0, 0.1) is 5.41 Å². The lowest BCUT2D eigenvalue weighted by molar-refractivity contribution is 0.266. The summed E-state index contributed by atoms with van der Waals surface area (Å²) in [6, 6.07) is 5.48. The molecule has 0 unspecified atom stereocenters. The summed E-state index contributed by atoms with van der Waals surface area (Å²) in [4.78, 5) is 5.07. The van der Waals surface area contributed by atoms with Gasteiger partial charge in [-0.1, -0.05) is 6.07 Å². The molecule has 1 aromatic rings. The van der Waals surface area contributed by atoms with Crippen LogP contribution in [0.2, 0.25) is 0 Å². The third-order valence-electron chi connectivity index (χ3n) is 2.65. The molecule has 0 spiro atoms. The zero-order valence-corrected chi connectivity index (χ0v) is 9.72. The van der Waals surface area contributed by atoms with E-state index in [9.17, 15) is 5.02 Å². The van der Waals surface area contributed by atoms with Gasteiger partial charge in [-0.2, -0.15) is 0 Å². The quantitative estimate of drug-likeness (QED) is 0.254. The van der Waals surface area contributed by atoms with E-state index in [1.807, 2.05) is 12.1 Å². The Hall–Kier alpha value is -1.99. The molecule has 1 aliphatic rings. The fourth-order valence-electron chi connectivity index (χ4n) is 1.72. The highest BCUT2D eigenvalue weighted by atomic mass is 16.6. The fourth-order valence-corrected chi connectivity index (χ4v) is 1.72. The van der Waals surface area contributed by atoms with Crippen molar-refractivity contribution >= 4 is 24.5 Å². The van der Waals surface area contributed by atoms with Crippen molar-refractivity contribution in [3.63, 3.8) is 0 Å². The summed E-state index contributed by atoms with van der Waals surface area (Å²) in [5.41, 5.74) is 10.3. The van der Waals surface area contributed by atoms with Gasteiger partial charge in [0.25, 0.3) is 0 Å². The number of anilines is 1. The van der Waals surface area contributed by atoms with E-state index in [0.717, 1.165) is 23.7 Å². The van der Waals surface area contributed by atoms with Crippen LogP contribution in [-0.4, -0.2) is 25.0 Å². The molecule has 2 rings (SSSR count). The van der Waals surface area contributed by atoms with Crippen molar-refractivity contribution in [1.29, 1.82) is 5.41 Å². The van der Waals surface area contributed by atoms with Crippen LogP contribution in [0.15, 0.2) is 30.2 Å². The first-order valence-electron chi connectivity index (χ1n) is 5.52. The van der Waals surface area contributed by atoms with E-state index >= 15 is 0 Å². The molecule has 6 nitrogen and oxygen atoms in total. The molecule has 1 aromatic carbocycles. The molecule has 5 N–H and O–H groups in total. The third kappa shape index (κ3) is 2.64. The van der Waals surface area contributed by atoms with Crippen molar-refractivity contribution in [2.75, 3.05) is 12.1 Å². The highest BCUT2D eigenvalue weighted by molar-refractivity contribution is 6.61. The summed E-state index contributed by atoms with van der Waals surface area (Å²) < 4.78 is 5.15. The summed E-state index contributed by atoms with van der Waals surface area (Å²) >= 11 is 0. The van der Waals surface area contributed by atoms with Crippen LogP contribution in [0.1, 0.15) is 5.56 Å². The molecule has 0 saturated carbocycles.